The third-order valence-electron chi connectivity index (χ3n) is 3.67. The Kier molecular flexibility index (Phi) is 5.14. The average Bonchev–Trinajstić information content (AvgIpc) is 2.38. The van der Waals surface area contributed by atoms with E-state index < -0.39 is 0 Å². The van der Waals surface area contributed by atoms with Crippen LogP contribution >= 0.6 is 0 Å². The molecule has 1 fully saturated rings. The molecular weight excluding hydrogens is 227 g/mol. The number of aryl methyl sites for hydroxylation is 1. The molecule has 2 rings (SSSR count). The van der Waals surface area contributed by atoms with Gasteiger partial charge in [0.05, 0.1) is 0 Å². The highest BCUT2D eigenvalue weighted by Gasteiger charge is 2.08. The van der Waals surface area contributed by atoms with Gasteiger partial charge in [0.1, 0.15) is 5.82 Å². The summed E-state index contributed by atoms with van der Waals surface area (Å²) in [5, 5.41) is 3.45. The SMILES string of the molecule is Cc1cc(F)ccc1CNCCN1CCCCC1. The van der Waals surface area contributed by atoms with Gasteiger partial charge in [0, 0.05) is 19.6 Å². The van der Waals surface area contributed by atoms with Crippen molar-refractivity contribution < 1.29 is 4.39 Å². The van der Waals surface area contributed by atoms with E-state index >= 15 is 0 Å². The Labute approximate surface area is 109 Å². The van der Waals surface area contributed by atoms with Crippen molar-refractivity contribution in [2.75, 3.05) is 26.2 Å². The largest absolute Gasteiger partial charge is 0.311 e. The fraction of sp³-hybridized carbons (Fsp3) is 0.600. The molecule has 2 nitrogen and oxygen atoms in total. The van der Waals surface area contributed by atoms with Gasteiger partial charge in [0.15, 0.2) is 0 Å². The zero-order valence-electron chi connectivity index (χ0n) is 11.2. The zero-order chi connectivity index (χ0) is 12.8. The third-order valence-corrected chi connectivity index (χ3v) is 3.67. The molecular formula is C15H23FN2. The van der Waals surface area contributed by atoms with E-state index in [0.717, 1.165) is 25.2 Å². The standard InChI is InChI=1S/C15H23FN2/c1-13-11-15(16)6-5-14(13)12-17-7-10-18-8-3-2-4-9-18/h5-6,11,17H,2-4,7-10,12H2,1H3. The van der Waals surface area contributed by atoms with Gasteiger partial charge < -0.3 is 10.2 Å². The van der Waals surface area contributed by atoms with Crippen LogP contribution in [-0.4, -0.2) is 31.1 Å². The van der Waals surface area contributed by atoms with Crippen LogP contribution in [0.1, 0.15) is 30.4 Å². The summed E-state index contributed by atoms with van der Waals surface area (Å²) in [6.07, 6.45) is 4.08. The summed E-state index contributed by atoms with van der Waals surface area (Å²) in [6.45, 7) is 7.43. The van der Waals surface area contributed by atoms with Crippen LogP contribution < -0.4 is 5.32 Å². The Morgan fingerprint density at radius 3 is 2.72 bits per heavy atom. The van der Waals surface area contributed by atoms with E-state index in [1.54, 1.807) is 6.07 Å². The molecule has 1 saturated heterocycles. The van der Waals surface area contributed by atoms with E-state index in [4.69, 9.17) is 0 Å². The molecule has 0 amide bonds. The molecule has 1 N–H and O–H groups in total. The molecule has 100 valence electrons. The summed E-state index contributed by atoms with van der Waals surface area (Å²) in [4.78, 5) is 2.52. The lowest BCUT2D eigenvalue weighted by atomic mass is 10.1. The molecule has 1 aromatic rings. The molecule has 0 radical (unpaired) electrons. The Hall–Kier alpha value is -0.930. The van der Waals surface area contributed by atoms with Crippen molar-refractivity contribution in [3.05, 3.63) is 35.1 Å². The molecule has 1 aromatic carbocycles. The third kappa shape index (κ3) is 4.07. The average molecular weight is 250 g/mol. The van der Waals surface area contributed by atoms with Gasteiger partial charge in [-0.15, -0.1) is 0 Å². The highest BCUT2D eigenvalue weighted by molar-refractivity contribution is 5.26. The first-order chi connectivity index (χ1) is 8.75. The summed E-state index contributed by atoms with van der Waals surface area (Å²) >= 11 is 0. The Bertz CT molecular complexity index is 373. The number of benzene rings is 1. The second kappa shape index (κ2) is 6.86. The van der Waals surface area contributed by atoms with Crippen LogP contribution in [0.5, 0.6) is 0 Å². The summed E-state index contributed by atoms with van der Waals surface area (Å²) in [5.41, 5.74) is 2.22. The summed E-state index contributed by atoms with van der Waals surface area (Å²) < 4.78 is 13.0. The zero-order valence-corrected chi connectivity index (χ0v) is 11.2. The molecule has 18 heavy (non-hydrogen) atoms. The van der Waals surface area contributed by atoms with Crippen LogP contribution in [0, 0.1) is 12.7 Å². The molecule has 1 aliphatic rings. The maximum atomic E-state index is 13.0. The number of nitrogens with one attached hydrogen (secondary N) is 1. The Balaban J connectivity index is 1.68. The predicted molar refractivity (Wildman–Crippen MR) is 73.1 cm³/mol. The van der Waals surface area contributed by atoms with Crippen LogP contribution in [0.2, 0.25) is 0 Å². The minimum atomic E-state index is -0.149. The molecule has 1 aliphatic heterocycles. The van der Waals surface area contributed by atoms with Crippen molar-refractivity contribution in [1.82, 2.24) is 10.2 Å². The van der Waals surface area contributed by atoms with Crippen LogP contribution in [0.25, 0.3) is 0 Å². The van der Waals surface area contributed by atoms with Gasteiger partial charge in [-0.3, -0.25) is 0 Å². The first-order valence-corrected chi connectivity index (χ1v) is 6.94. The van der Waals surface area contributed by atoms with Gasteiger partial charge in [-0.05, 0) is 56.1 Å². The van der Waals surface area contributed by atoms with Crippen molar-refractivity contribution in [3.8, 4) is 0 Å². The smallest absolute Gasteiger partial charge is 0.123 e. The highest BCUT2D eigenvalue weighted by Crippen LogP contribution is 2.10. The number of likely N-dealkylation sites (tertiary alicyclic amines) is 1. The number of hydrogen-bond donors (Lipinski definition) is 1. The van der Waals surface area contributed by atoms with Gasteiger partial charge in [0.25, 0.3) is 0 Å². The first kappa shape index (κ1) is 13.5. The summed E-state index contributed by atoms with van der Waals surface area (Å²) in [6, 6.07) is 5.01. The van der Waals surface area contributed by atoms with E-state index in [9.17, 15) is 4.39 Å². The molecule has 0 aromatic heterocycles. The molecule has 0 bridgehead atoms. The van der Waals surface area contributed by atoms with Gasteiger partial charge in [-0.1, -0.05) is 12.5 Å². The van der Waals surface area contributed by atoms with E-state index in [1.165, 1.54) is 44.0 Å². The molecule has 0 spiro atoms. The van der Waals surface area contributed by atoms with E-state index in [-0.39, 0.29) is 5.82 Å². The van der Waals surface area contributed by atoms with Gasteiger partial charge in [-0.25, -0.2) is 4.39 Å². The van der Waals surface area contributed by atoms with Crippen LogP contribution in [-0.2, 0) is 6.54 Å². The fourth-order valence-corrected chi connectivity index (χ4v) is 2.50. The maximum absolute atomic E-state index is 13.0. The highest BCUT2D eigenvalue weighted by atomic mass is 19.1. The number of piperidine rings is 1. The number of halogens is 1. The quantitative estimate of drug-likeness (QED) is 0.808. The molecule has 3 heteroatoms. The van der Waals surface area contributed by atoms with Crippen molar-refractivity contribution >= 4 is 0 Å². The molecule has 0 unspecified atom stereocenters. The summed E-state index contributed by atoms with van der Waals surface area (Å²) in [7, 11) is 0. The topological polar surface area (TPSA) is 15.3 Å². The minimum absolute atomic E-state index is 0.149. The lowest BCUT2D eigenvalue weighted by Crippen LogP contribution is -2.35. The van der Waals surface area contributed by atoms with E-state index in [2.05, 4.69) is 10.2 Å². The summed E-state index contributed by atoms with van der Waals surface area (Å²) in [5.74, 6) is -0.149. The molecule has 1 heterocycles. The van der Waals surface area contributed by atoms with Crippen LogP contribution in [0.4, 0.5) is 4.39 Å². The van der Waals surface area contributed by atoms with Crippen molar-refractivity contribution in [1.29, 1.82) is 0 Å². The van der Waals surface area contributed by atoms with E-state index in [0.29, 0.717) is 0 Å². The normalized spacial score (nSPS) is 17.0. The lowest BCUT2D eigenvalue weighted by molar-refractivity contribution is 0.229. The van der Waals surface area contributed by atoms with Crippen molar-refractivity contribution in [3.63, 3.8) is 0 Å². The van der Waals surface area contributed by atoms with Gasteiger partial charge >= 0.3 is 0 Å². The Morgan fingerprint density at radius 2 is 2.00 bits per heavy atom. The predicted octanol–water partition coefficient (Wildman–Crippen LogP) is 2.71. The minimum Gasteiger partial charge on any atom is -0.311 e. The second-order valence-corrected chi connectivity index (χ2v) is 5.15. The Morgan fingerprint density at radius 1 is 1.22 bits per heavy atom. The van der Waals surface area contributed by atoms with E-state index in [1.807, 2.05) is 13.0 Å². The van der Waals surface area contributed by atoms with Gasteiger partial charge in [0.2, 0.25) is 0 Å². The monoisotopic (exact) mass is 250 g/mol. The second-order valence-electron chi connectivity index (χ2n) is 5.15. The maximum Gasteiger partial charge on any atom is 0.123 e. The first-order valence-electron chi connectivity index (χ1n) is 6.94. The van der Waals surface area contributed by atoms with Crippen molar-refractivity contribution in [2.24, 2.45) is 0 Å². The van der Waals surface area contributed by atoms with Crippen molar-refractivity contribution in [2.45, 2.75) is 32.7 Å². The molecule has 0 aliphatic carbocycles. The van der Waals surface area contributed by atoms with Crippen LogP contribution in [0.3, 0.4) is 0 Å². The number of rotatable bonds is 5. The number of hydrogen-bond acceptors (Lipinski definition) is 2. The van der Waals surface area contributed by atoms with Crippen LogP contribution in [0.15, 0.2) is 18.2 Å². The molecule has 0 atom stereocenters. The van der Waals surface area contributed by atoms with Gasteiger partial charge in [-0.2, -0.15) is 0 Å². The fourth-order valence-electron chi connectivity index (χ4n) is 2.50. The number of nitrogens with zero attached hydrogens (tertiary/aromatic N) is 1. The lowest BCUT2D eigenvalue weighted by Gasteiger charge is -2.26. The molecule has 0 saturated carbocycles.